The quantitative estimate of drug-likeness (QED) is 0.117. The second-order valence-corrected chi connectivity index (χ2v) is 6.59. The van der Waals surface area contributed by atoms with Crippen LogP contribution in [0, 0.1) is 0 Å². The van der Waals surface area contributed by atoms with E-state index in [1.54, 1.807) is 6.26 Å². The van der Waals surface area contributed by atoms with Gasteiger partial charge in [0.05, 0.1) is 35.6 Å². The smallest absolute Gasteiger partial charge is 0.335 e. The molecule has 18 nitrogen and oxygen atoms in total. The number of hydrogen-bond donors (Lipinski definition) is 4. The van der Waals surface area contributed by atoms with Crippen LogP contribution in [0.4, 0.5) is 8.78 Å². The standard InChI is InChI=1S/C6H7FO7.C6H6O7.C3H6O2S.C2H3FO2.2FH/c7-3(4(10)11)6(14,5(12)13)1-2(8)9;7-3(8)1-2(5(10)11)4(9)6(12)13;1-6-2-3(4)5;3-1-2(4)5;;/h3,14H,1H2,(H,8,9)(H,10,11)(H,12,13);1,4,9H,(H,7,8)(H,10,11)(H,12,13);2H2,1H3,(H,4,5);1H2,(H,4,5);2*1H/p-8/b;2-1+;;;;/i7-1;;;3-1;2*1-1. The Morgan fingerprint density at radius 3 is 1.43 bits per heavy atom. The van der Waals surface area contributed by atoms with E-state index in [-0.39, 0.29) is 21.2 Å². The minimum Gasteiger partial charge on any atom is -1.00 e. The van der Waals surface area contributed by atoms with Crippen molar-refractivity contribution in [1.82, 2.24) is 0 Å². The van der Waals surface area contributed by atoms with E-state index in [1.807, 2.05) is 0 Å². The van der Waals surface area contributed by atoms with E-state index in [0.717, 1.165) is 0 Å². The van der Waals surface area contributed by atoms with Crippen LogP contribution in [0.5, 0.6) is 0 Å². The third kappa shape index (κ3) is 25.2. The zero-order valence-corrected chi connectivity index (χ0v) is 20.1. The van der Waals surface area contributed by atoms with E-state index in [0.29, 0.717) is 0 Å². The highest BCUT2D eigenvalue weighted by Crippen LogP contribution is 2.17. The minimum atomic E-state index is -3.68. The number of carboxylic acids is 8. The van der Waals surface area contributed by atoms with Gasteiger partial charge in [0.2, 0.25) is 0 Å². The molecule has 0 aliphatic carbocycles. The molecule has 23 heteroatoms. The van der Waals surface area contributed by atoms with Crippen molar-refractivity contribution in [2.24, 2.45) is 0 Å². The van der Waals surface area contributed by atoms with Crippen LogP contribution < -0.4 is 40.0 Å². The molecule has 0 radical (unpaired) electrons. The molecule has 0 bridgehead atoms. The topological polar surface area (TPSA) is 356 Å². The predicted octanol–water partition coefficient (Wildman–Crippen LogP) is -16.3. The summed E-state index contributed by atoms with van der Waals surface area (Å²) in [6, 6.07) is 0. The lowest BCUT2D eigenvalue weighted by molar-refractivity contribution is -0.346. The maximum Gasteiger partial charge on any atom is 0.335 e. The van der Waals surface area contributed by atoms with Crippen molar-refractivity contribution >= 4 is 59.5 Å². The monoisotopic (exact) mass is 612 g/mol. The molecule has 0 saturated heterocycles. The highest BCUT2D eigenvalue weighted by Gasteiger charge is 2.40. The third-order valence-corrected chi connectivity index (χ3v) is 3.34. The summed E-state index contributed by atoms with van der Waals surface area (Å²) in [4.78, 5) is 78.3. The number of carbonyl (C=O) groups is 8. The van der Waals surface area contributed by atoms with Gasteiger partial charge >= 0.3 is 11.9 Å². The highest BCUT2D eigenvalue weighted by molar-refractivity contribution is 7.99. The molecule has 0 amide bonds. The van der Waals surface area contributed by atoms with Crippen LogP contribution in [-0.4, -0.2) is 105 Å². The Kier molecular flexibility index (Phi) is 30.1. The van der Waals surface area contributed by atoms with Crippen molar-refractivity contribution in [3.63, 3.8) is 0 Å². The molecule has 0 aliphatic rings. The van der Waals surface area contributed by atoms with E-state index in [9.17, 15) is 73.0 Å². The van der Waals surface area contributed by atoms with Crippen molar-refractivity contribution in [3.05, 3.63) is 11.6 Å². The van der Waals surface area contributed by atoms with Gasteiger partial charge in [0, 0.05) is 18.0 Å². The van der Waals surface area contributed by atoms with E-state index in [2.05, 4.69) is 0 Å². The van der Waals surface area contributed by atoms with Crippen LogP contribution in [0.1, 0.15) is 6.42 Å². The number of alkyl halides is 2. The zero-order valence-electron chi connectivity index (χ0n) is 19.3. The van der Waals surface area contributed by atoms with Gasteiger partial charge in [0.1, 0.15) is 11.7 Å². The molecule has 0 fully saturated rings. The Labute approximate surface area is 222 Å². The summed E-state index contributed by atoms with van der Waals surface area (Å²) in [6.45, 7) is -1.28. The number of aliphatic carboxylic acids is 8. The van der Waals surface area contributed by atoms with Gasteiger partial charge in [-0.05, 0) is 12.3 Å². The van der Waals surface area contributed by atoms with E-state index in [1.165, 1.54) is 11.8 Å². The predicted molar refractivity (Wildman–Crippen MR) is 98.2 cm³/mol. The largest absolute Gasteiger partial charge is 1.00 e. The van der Waals surface area contributed by atoms with E-state index < -0.39 is 84.3 Å². The summed E-state index contributed by atoms with van der Waals surface area (Å²) in [5.41, 5.74) is -5.02. The second-order valence-electron chi connectivity index (χ2n) is 5.72. The van der Waals surface area contributed by atoms with E-state index in [4.69, 9.17) is 25.2 Å². The minimum absolute atomic E-state index is 0. The van der Waals surface area contributed by atoms with Crippen LogP contribution >= 0.6 is 11.8 Å². The average Bonchev–Trinajstić information content (AvgIpc) is 2.76. The number of aliphatic hydroxyl groups is 2. The zero-order chi connectivity index (χ0) is 31.4. The molecular formula is C17H16F4O18S-8. The Hall–Kier alpha value is -4.51. The Balaban J connectivity index is -0.000000102. The fraction of sp³-hybridized carbons (Fsp3) is 0.412. The summed E-state index contributed by atoms with van der Waals surface area (Å²) in [7, 11) is 0. The molecular weight excluding hydrogens is 596 g/mol. The average molecular weight is 612 g/mol. The first-order valence-corrected chi connectivity index (χ1v) is 10.0. The maximum atomic E-state index is 12.6. The van der Waals surface area contributed by atoms with Gasteiger partial charge in [0.25, 0.3) is 0 Å². The van der Waals surface area contributed by atoms with Gasteiger partial charge < -0.3 is 89.2 Å². The lowest BCUT2D eigenvalue weighted by Gasteiger charge is -2.32. The molecule has 0 aromatic heterocycles. The number of aliphatic hydroxyl groups excluding tert-OH is 1. The van der Waals surface area contributed by atoms with Gasteiger partial charge in [0.15, 0.2) is 12.8 Å². The van der Waals surface area contributed by atoms with Crippen LogP contribution in [0.25, 0.3) is 0 Å². The molecule has 3 atom stereocenters. The Morgan fingerprint density at radius 1 is 0.875 bits per heavy atom. The first-order valence-electron chi connectivity index (χ1n) is 8.62. The van der Waals surface area contributed by atoms with Gasteiger partial charge in [-0.25, -0.2) is 13.6 Å². The summed E-state index contributed by atoms with van der Waals surface area (Å²) in [5.74, 6) is -15.4. The number of thioether (sulfide) groups is 1. The number of rotatable bonds is 12. The highest BCUT2D eigenvalue weighted by atomic mass is 32.2. The Morgan fingerprint density at radius 2 is 1.27 bits per heavy atom. The molecule has 3 unspecified atom stereocenters. The first kappa shape index (κ1) is 48.5. The van der Waals surface area contributed by atoms with Crippen LogP contribution in [0.3, 0.4) is 0 Å². The van der Waals surface area contributed by atoms with Crippen molar-refractivity contribution in [1.29, 1.82) is 0 Å². The lowest BCUT2D eigenvalue weighted by Crippen LogP contribution is -3.00. The van der Waals surface area contributed by atoms with Crippen LogP contribution in [-0.2, 0) is 38.4 Å². The third-order valence-electron chi connectivity index (χ3n) is 2.80. The molecule has 0 aromatic carbocycles. The Bertz CT molecular complexity index is 911. The molecule has 0 spiro atoms. The fourth-order valence-corrected chi connectivity index (χ4v) is 1.55. The second kappa shape index (κ2) is 24.8. The molecule has 4 N–H and O–H groups in total. The van der Waals surface area contributed by atoms with Crippen LogP contribution in [0.2, 0.25) is 0 Å². The van der Waals surface area contributed by atoms with Crippen molar-refractivity contribution in [3.8, 4) is 0 Å². The number of carboxylic acid groups (broad SMARTS) is 8. The fourth-order valence-electron chi connectivity index (χ4n) is 1.31. The summed E-state index contributed by atoms with van der Waals surface area (Å²) < 4.78 is 23.1. The van der Waals surface area contributed by atoms with Gasteiger partial charge in [-0.3, -0.25) is 4.79 Å². The molecule has 40 heavy (non-hydrogen) atoms. The maximum absolute atomic E-state index is 12.6. The van der Waals surface area contributed by atoms with Gasteiger partial charge in [-0.2, -0.15) is 11.8 Å². The molecule has 0 rings (SSSR count). The van der Waals surface area contributed by atoms with Crippen molar-refractivity contribution in [2.45, 2.75) is 24.3 Å². The van der Waals surface area contributed by atoms with Gasteiger partial charge in [-0.15, -0.1) is 0 Å². The van der Waals surface area contributed by atoms with Gasteiger partial charge in [-0.1, -0.05) is 0 Å². The van der Waals surface area contributed by atoms with E-state index >= 15 is 0 Å². The molecule has 0 aliphatic heterocycles. The van der Waals surface area contributed by atoms with Crippen molar-refractivity contribution in [2.75, 3.05) is 18.7 Å². The summed E-state index contributed by atoms with van der Waals surface area (Å²) in [6.07, 6.45) is -6.04. The number of halogens is 4. The molecule has 0 saturated carbocycles. The molecule has 0 aromatic rings. The normalized spacial score (nSPS) is 12.4. The van der Waals surface area contributed by atoms with Crippen LogP contribution in [0.15, 0.2) is 11.6 Å². The number of carbonyl (C=O) groups excluding carboxylic acids is 6. The molecule has 234 valence electrons. The summed E-state index contributed by atoms with van der Waals surface area (Å²) in [5, 5.41) is 92.3. The number of hydrogen-bond acceptors (Lipinski definition) is 17. The van der Waals surface area contributed by atoms with Crippen molar-refractivity contribution < 1.29 is 108 Å². The first-order chi connectivity index (χ1) is 17.1. The lowest BCUT2D eigenvalue weighted by atomic mass is 9.94. The molecule has 0 heterocycles. The summed E-state index contributed by atoms with van der Waals surface area (Å²) >= 11 is 1.31. The SMILES string of the molecule is CSCC(=O)O.O=C(O)C[18F].O=C([O-])/C=C(/C(=O)[O-])C(O)C(=O)[O-].O=C([O-])CC(O)(C(=O)[O-])C([18F])C(=O)[O-].[18F-].[18F-].